The molecule has 4 rings (SSSR count). The predicted octanol–water partition coefficient (Wildman–Crippen LogP) is 1.18. The van der Waals surface area contributed by atoms with E-state index in [4.69, 9.17) is 9.47 Å². The fourth-order valence-corrected chi connectivity index (χ4v) is 3.54. The number of piperidine rings is 1. The molecule has 3 aliphatic rings. The summed E-state index contributed by atoms with van der Waals surface area (Å²) < 4.78 is 11.5. The van der Waals surface area contributed by atoms with Crippen LogP contribution >= 0.6 is 0 Å². The zero-order chi connectivity index (χ0) is 17.2. The molecule has 136 valence electrons. The number of benzene rings is 1. The van der Waals surface area contributed by atoms with Crippen molar-refractivity contribution < 1.29 is 19.4 Å². The van der Waals surface area contributed by atoms with Gasteiger partial charge in [0, 0.05) is 31.6 Å². The van der Waals surface area contributed by atoms with Crippen LogP contribution in [0.3, 0.4) is 0 Å². The molecule has 2 heterocycles. The molecule has 0 bridgehead atoms. The maximum Gasteiger partial charge on any atom is 0.225 e. The smallest absolute Gasteiger partial charge is 0.225 e. The molecule has 2 atom stereocenters. The molecule has 0 radical (unpaired) electrons. The number of nitrogens with one attached hydrogen (secondary N) is 1. The summed E-state index contributed by atoms with van der Waals surface area (Å²) in [6.07, 6.45) is 3.02. The van der Waals surface area contributed by atoms with Gasteiger partial charge in [-0.15, -0.1) is 0 Å². The average molecular weight is 346 g/mol. The van der Waals surface area contributed by atoms with Crippen LogP contribution in [0.1, 0.15) is 25.7 Å². The number of rotatable bonds is 5. The second-order valence-corrected chi connectivity index (χ2v) is 7.26. The van der Waals surface area contributed by atoms with Crippen LogP contribution in [0.4, 0.5) is 0 Å². The standard InChI is InChI=1S/C19H26N2O4/c22-15(18-12-24-16-3-1-2-4-17(16)25-18)11-20-14-7-9-21(10-8-14)19(23)13-5-6-13/h1-4,13-15,18,20,22H,5-12H2. The van der Waals surface area contributed by atoms with Gasteiger partial charge in [0.05, 0.1) is 0 Å². The van der Waals surface area contributed by atoms with E-state index in [-0.39, 0.29) is 6.10 Å². The summed E-state index contributed by atoms with van der Waals surface area (Å²) in [5, 5.41) is 13.8. The van der Waals surface area contributed by atoms with Crippen molar-refractivity contribution in [1.82, 2.24) is 10.2 Å². The first-order valence-corrected chi connectivity index (χ1v) is 9.29. The SMILES string of the molecule is O=C(C1CC1)N1CCC(NCC(O)C2COc3ccccc3O2)CC1. The van der Waals surface area contributed by atoms with Crippen molar-refractivity contribution in [2.45, 2.75) is 43.9 Å². The lowest BCUT2D eigenvalue weighted by Gasteiger charge is -2.34. The van der Waals surface area contributed by atoms with Gasteiger partial charge in [0.2, 0.25) is 5.91 Å². The Morgan fingerprint density at radius 1 is 1.20 bits per heavy atom. The number of hydrogen-bond acceptors (Lipinski definition) is 5. The third-order valence-corrected chi connectivity index (χ3v) is 5.31. The van der Waals surface area contributed by atoms with E-state index in [0.717, 1.165) is 44.5 Å². The van der Waals surface area contributed by atoms with Crippen molar-refractivity contribution in [3.8, 4) is 11.5 Å². The normalized spacial score (nSPS) is 24.8. The lowest BCUT2D eigenvalue weighted by Crippen LogP contribution is -2.50. The number of aliphatic hydroxyl groups excluding tert-OH is 1. The Morgan fingerprint density at radius 2 is 1.92 bits per heavy atom. The molecule has 1 saturated carbocycles. The van der Waals surface area contributed by atoms with Gasteiger partial charge < -0.3 is 24.8 Å². The summed E-state index contributed by atoms with van der Waals surface area (Å²) in [7, 11) is 0. The minimum Gasteiger partial charge on any atom is -0.486 e. The van der Waals surface area contributed by atoms with E-state index in [2.05, 4.69) is 5.32 Å². The Bertz CT molecular complexity index is 611. The second kappa shape index (κ2) is 7.22. The summed E-state index contributed by atoms with van der Waals surface area (Å²) >= 11 is 0. The van der Waals surface area contributed by atoms with Gasteiger partial charge in [0.1, 0.15) is 12.7 Å². The van der Waals surface area contributed by atoms with Crippen molar-refractivity contribution in [3.63, 3.8) is 0 Å². The molecule has 2 fully saturated rings. The fraction of sp³-hybridized carbons (Fsp3) is 0.632. The van der Waals surface area contributed by atoms with E-state index in [9.17, 15) is 9.90 Å². The summed E-state index contributed by atoms with van der Waals surface area (Å²) in [5.41, 5.74) is 0. The molecular formula is C19H26N2O4. The topological polar surface area (TPSA) is 71.0 Å². The number of nitrogens with zero attached hydrogens (tertiary/aromatic N) is 1. The van der Waals surface area contributed by atoms with Crippen LogP contribution < -0.4 is 14.8 Å². The molecule has 2 N–H and O–H groups in total. The van der Waals surface area contributed by atoms with Crippen LogP contribution in [-0.4, -0.2) is 60.4 Å². The van der Waals surface area contributed by atoms with Crippen molar-refractivity contribution in [2.75, 3.05) is 26.2 Å². The third-order valence-electron chi connectivity index (χ3n) is 5.31. The van der Waals surface area contributed by atoms with Gasteiger partial charge >= 0.3 is 0 Å². The highest BCUT2D eigenvalue weighted by molar-refractivity contribution is 5.81. The minimum atomic E-state index is -0.625. The van der Waals surface area contributed by atoms with E-state index in [1.165, 1.54) is 0 Å². The van der Waals surface area contributed by atoms with Crippen LogP contribution in [-0.2, 0) is 4.79 Å². The second-order valence-electron chi connectivity index (χ2n) is 7.26. The third kappa shape index (κ3) is 3.90. The first kappa shape index (κ1) is 16.7. The highest BCUT2D eigenvalue weighted by atomic mass is 16.6. The molecule has 2 aliphatic heterocycles. The van der Waals surface area contributed by atoms with E-state index in [0.29, 0.717) is 36.8 Å². The van der Waals surface area contributed by atoms with E-state index < -0.39 is 6.10 Å². The zero-order valence-electron chi connectivity index (χ0n) is 14.4. The van der Waals surface area contributed by atoms with Gasteiger partial charge in [-0.3, -0.25) is 4.79 Å². The lowest BCUT2D eigenvalue weighted by atomic mass is 10.0. The van der Waals surface area contributed by atoms with E-state index in [1.54, 1.807) is 0 Å². The van der Waals surface area contributed by atoms with Gasteiger partial charge in [0.25, 0.3) is 0 Å². The summed E-state index contributed by atoms with van der Waals surface area (Å²) in [4.78, 5) is 14.1. The first-order chi connectivity index (χ1) is 12.2. The number of carbonyl (C=O) groups excluding carboxylic acids is 1. The number of aliphatic hydroxyl groups is 1. The number of hydrogen-bond donors (Lipinski definition) is 2. The number of para-hydroxylation sites is 2. The Balaban J connectivity index is 1.21. The fourth-order valence-electron chi connectivity index (χ4n) is 3.54. The van der Waals surface area contributed by atoms with Crippen molar-refractivity contribution in [1.29, 1.82) is 0 Å². The first-order valence-electron chi connectivity index (χ1n) is 9.29. The maximum absolute atomic E-state index is 12.1. The molecule has 1 saturated heterocycles. The maximum atomic E-state index is 12.1. The van der Waals surface area contributed by atoms with Crippen LogP contribution in [0.5, 0.6) is 11.5 Å². The van der Waals surface area contributed by atoms with Crippen LogP contribution in [0.2, 0.25) is 0 Å². The number of amides is 1. The predicted molar refractivity (Wildman–Crippen MR) is 92.7 cm³/mol. The average Bonchev–Trinajstić information content (AvgIpc) is 3.51. The molecule has 6 nitrogen and oxygen atoms in total. The summed E-state index contributed by atoms with van der Waals surface area (Å²) in [6.45, 7) is 2.46. The molecule has 1 aliphatic carbocycles. The van der Waals surface area contributed by atoms with Crippen LogP contribution in [0.15, 0.2) is 24.3 Å². The van der Waals surface area contributed by atoms with Gasteiger partial charge in [-0.05, 0) is 37.8 Å². The number of ether oxygens (including phenoxy) is 2. The monoisotopic (exact) mass is 346 g/mol. The highest BCUT2D eigenvalue weighted by Crippen LogP contribution is 2.32. The van der Waals surface area contributed by atoms with Crippen molar-refractivity contribution in [2.24, 2.45) is 5.92 Å². The molecule has 25 heavy (non-hydrogen) atoms. The Labute approximate surface area is 148 Å². The van der Waals surface area contributed by atoms with Crippen LogP contribution in [0.25, 0.3) is 0 Å². The van der Waals surface area contributed by atoms with Gasteiger partial charge in [-0.1, -0.05) is 12.1 Å². The molecule has 1 amide bonds. The van der Waals surface area contributed by atoms with E-state index >= 15 is 0 Å². The highest BCUT2D eigenvalue weighted by Gasteiger charge is 2.35. The summed E-state index contributed by atoms with van der Waals surface area (Å²) in [5.74, 6) is 2.05. The lowest BCUT2D eigenvalue weighted by molar-refractivity contribution is -0.133. The molecular weight excluding hydrogens is 320 g/mol. The molecule has 1 aromatic carbocycles. The molecule has 6 heteroatoms. The van der Waals surface area contributed by atoms with Gasteiger partial charge in [0.15, 0.2) is 17.6 Å². The number of likely N-dealkylation sites (tertiary alicyclic amines) is 1. The quantitative estimate of drug-likeness (QED) is 0.838. The molecule has 0 spiro atoms. The molecule has 0 aromatic heterocycles. The zero-order valence-corrected chi connectivity index (χ0v) is 14.4. The molecule has 2 unspecified atom stereocenters. The molecule has 1 aromatic rings. The Kier molecular flexibility index (Phi) is 4.81. The minimum absolute atomic E-state index is 0.303. The van der Waals surface area contributed by atoms with Crippen molar-refractivity contribution in [3.05, 3.63) is 24.3 Å². The largest absolute Gasteiger partial charge is 0.486 e. The van der Waals surface area contributed by atoms with Crippen molar-refractivity contribution >= 4 is 5.91 Å². The van der Waals surface area contributed by atoms with Gasteiger partial charge in [-0.2, -0.15) is 0 Å². The van der Waals surface area contributed by atoms with Gasteiger partial charge in [-0.25, -0.2) is 0 Å². The number of carbonyl (C=O) groups is 1. The number of fused-ring (bicyclic) bond motifs is 1. The van der Waals surface area contributed by atoms with Crippen LogP contribution in [0, 0.1) is 5.92 Å². The Morgan fingerprint density at radius 3 is 2.64 bits per heavy atom. The summed E-state index contributed by atoms with van der Waals surface area (Å²) in [6, 6.07) is 7.86. The van der Waals surface area contributed by atoms with E-state index in [1.807, 2.05) is 29.2 Å². The Hall–Kier alpha value is -1.79.